The standard InChI is InChI=1S/C14H23N3S/c15-9-14(13-3-8-18-11-13)17-6-4-16(5-7-17)10-12-1-2-12/h3,8,11-12,14H,1-2,4-7,9-10,15H2. The van der Waals surface area contributed by atoms with Gasteiger partial charge in [0, 0.05) is 45.3 Å². The number of hydrogen-bond donors (Lipinski definition) is 1. The van der Waals surface area contributed by atoms with Gasteiger partial charge in [0.25, 0.3) is 0 Å². The van der Waals surface area contributed by atoms with Crippen LogP contribution in [-0.4, -0.2) is 49.1 Å². The average Bonchev–Trinajstić information content (AvgIpc) is 3.05. The van der Waals surface area contributed by atoms with Gasteiger partial charge < -0.3 is 10.6 Å². The van der Waals surface area contributed by atoms with E-state index < -0.39 is 0 Å². The summed E-state index contributed by atoms with van der Waals surface area (Å²) in [4.78, 5) is 5.20. The number of rotatable bonds is 5. The molecule has 3 rings (SSSR count). The van der Waals surface area contributed by atoms with Crippen LogP contribution in [0.2, 0.25) is 0 Å². The first-order chi connectivity index (χ1) is 8.86. The lowest BCUT2D eigenvalue weighted by molar-refractivity contribution is 0.0957. The van der Waals surface area contributed by atoms with E-state index in [4.69, 9.17) is 5.73 Å². The molecule has 0 radical (unpaired) electrons. The summed E-state index contributed by atoms with van der Waals surface area (Å²) >= 11 is 1.77. The van der Waals surface area contributed by atoms with Crippen LogP contribution in [0.3, 0.4) is 0 Å². The van der Waals surface area contributed by atoms with Crippen molar-refractivity contribution < 1.29 is 0 Å². The molecule has 0 amide bonds. The van der Waals surface area contributed by atoms with E-state index in [2.05, 4.69) is 26.6 Å². The number of piperazine rings is 1. The zero-order valence-corrected chi connectivity index (χ0v) is 11.7. The first-order valence-electron chi connectivity index (χ1n) is 7.05. The SMILES string of the molecule is NCC(c1ccsc1)N1CCN(CC2CC2)CC1. The molecule has 0 bridgehead atoms. The molecule has 2 fully saturated rings. The number of thiophene rings is 1. The smallest absolute Gasteiger partial charge is 0.0479 e. The van der Waals surface area contributed by atoms with Crippen LogP contribution in [0, 0.1) is 5.92 Å². The zero-order chi connectivity index (χ0) is 12.4. The Bertz CT molecular complexity index is 353. The summed E-state index contributed by atoms with van der Waals surface area (Å²) in [6, 6.07) is 2.65. The zero-order valence-electron chi connectivity index (χ0n) is 10.9. The molecule has 100 valence electrons. The molecule has 1 aliphatic carbocycles. The summed E-state index contributed by atoms with van der Waals surface area (Å²) in [5.74, 6) is 1.01. The topological polar surface area (TPSA) is 32.5 Å². The van der Waals surface area contributed by atoms with Gasteiger partial charge in [-0.1, -0.05) is 0 Å². The van der Waals surface area contributed by atoms with E-state index in [0.29, 0.717) is 6.04 Å². The Morgan fingerprint density at radius 3 is 2.61 bits per heavy atom. The van der Waals surface area contributed by atoms with Gasteiger partial charge in [-0.3, -0.25) is 4.90 Å². The molecule has 1 saturated heterocycles. The maximum absolute atomic E-state index is 5.97. The second-order valence-corrected chi connectivity index (χ2v) is 6.37. The van der Waals surface area contributed by atoms with Crippen molar-refractivity contribution in [1.29, 1.82) is 0 Å². The van der Waals surface area contributed by atoms with Crippen molar-refractivity contribution in [3.05, 3.63) is 22.4 Å². The molecular formula is C14H23N3S. The van der Waals surface area contributed by atoms with Gasteiger partial charge in [-0.15, -0.1) is 0 Å². The van der Waals surface area contributed by atoms with Gasteiger partial charge in [-0.2, -0.15) is 11.3 Å². The number of nitrogens with zero attached hydrogens (tertiary/aromatic N) is 2. The third-order valence-electron chi connectivity index (χ3n) is 4.21. The second-order valence-electron chi connectivity index (χ2n) is 5.59. The fraction of sp³-hybridized carbons (Fsp3) is 0.714. The van der Waals surface area contributed by atoms with Crippen LogP contribution in [0.15, 0.2) is 16.8 Å². The highest BCUT2D eigenvalue weighted by atomic mass is 32.1. The van der Waals surface area contributed by atoms with Crippen molar-refractivity contribution in [1.82, 2.24) is 9.80 Å². The molecule has 1 aromatic heterocycles. The van der Waals surface area contributed by atoms with Crippen molar-refractivity contribution in [3.63, 3.8) is 0 Å². The fourth-order valence-corrected chi connectivity index (χ4v) is 3.59. The van der Waals surface area contributed by atoms with Crippen LogP contribution >= 0.6 is 11.3 Å². The molecule has 1 aromatic rings. The van der Waals surface area contributed by atoms with Crippen molar-refractivity contribution in [2.24, 2.45) is 11.7 Å². The average molecular weight is 265 g/mol. The Morgan fingerprint density at radius 2 is 2.06 bits per heavy atom. The van der Waals surface area contributed by atoms with E-state index in [0.717, 1.165) is 12.5 Å². The van der Waals surface area contributed by atoms with E-state index in [1.165, 1.54) is 51.1 Å². The van der Waals surface area contributed by atoms with Gasteiger partial charge in [0.2, 0.25) is 0 Å². The lowest BCUT2D eigenvalue weighted by atomic mass is 10.1. The minimum Gasteiger partial charge on any atom is -0.329 e. The molecular weight excluding hydrogens is 242 g/mol. The van der Waals surface area contributed by atoms with E-state index >= 15 is 0 Å². The molecule has 2 N–H and O–H groups in total. The lowest BCUT2D eigenvalue weighted by Gasteiger charge is -2.39. The maximum Gasteiger partial charge on any atom is 0.0479 e. The summed E-state index contributed by atoms with van der Waals surface area (Å²) in [5, 5.41) is 4.40. The number of hydrogen-bond acceptors (Lipinski definition) is 4. The summed E-state index contributed by atoms with van der Waals surface area (Å²) in [6.07, 6.45) is 2.92. The van der Waals surface area contributed by atoms with Crippen molar-refractivity contribution in [3.8, 4) is 0 Å². The Hall–Kier alpha value is -0.420. The van der Waals surface area contributed by atoms with Gasteiger partial charge in [0.15, 0.2) is 0 Å². The molecule has 1 atom stereocenters. The molecule has 0 spiro atoms. The predicted molar refractivity (Wildman–Crippen MR) is 76.9 cm³/mol. The molecule has 18 heavy (non-hydrogen) atoms. The maximum atomic E-state index is 5.97. The van der Waals surface area contributed by atoms with E-state index in [1.54, 1.807) is 11.3 Å². The largest absolute Gasteiger partial charge is 0.329 e. The van der Waals surface area contributed by atoms with Crippen LogP contribution in [0.5, 0.6) is 0 Å². The molecule has 1 unspecified atom stereocenters. The Balaban J connectivity index is 1.54. The monoisotopic (exact) mass is 265 g/mol. The van der Waals surface area contributed by atoms with Crippen LogP contribution in [0.4, 0.5) is 0 Å². The van der Waals surface area contributed by atoms with E-state index in [-0.39, 0.29) is 0 Å². The Kier molecular flexibility index (Phi) is 3.99. The second kappa shape index (κ2) is 5.70. The van der Waals surface area contributed by atoms with E-state index in [1.807, 2.05) is 0 Å². The van der Waals surface area contributed by atoms with Crippen molar-refractivity contribution in [2.45, 2.75) is 18.9 Å². The van der Waals surface area contributed by atoms with Gasteiger partial charge in [0.05, 0.1) is 0 Å². The van der Waals surface area contributed by atoms with Crippen molar-refractivity contribution >= 4 is 11.3 Å². The summed E-state index contributed by atoms with van der Waals surface area (Å²) in [6.45, 7) is 6.85. The lowest BCUT2D eigenvalue weighted by Crippen LogP contribution is -2.49. The van der Waals surface area contributed by atoms with Crippen LogP contribution in [0.25, 0.3) is 0 Å². The van der Waals surface area contributed by atoms with Gasteiger partial charge in [-0.05, 0) is 41.1 Å². The predicted octanol–water partition coefficient (Wildman–Crippen LogP) is 1.78. The van der Waals surface area contributed by atoms with Gasteiger partial charge in [0.1, 0.15) is 0 Å². The first kappa shape index (κ1) is 12.6. The first-order valence-corrected chi connectivity index (χ1v) is 7.99. The minimum atomic E-state index is 0.430. The fourth-order valence-electron chi connectivity index (χ4n) is 2.88. The minimum absolute atomic E-state index is 0.430. The van der Waals surface area contributed by atoms with Gasteiger partial charge >= 0.3 is 0 Å². The summed E-state index contributed by atoms with van der Waals surface area (Å²) in [5.41, 5.74) is 7.37. The molecule has 0 aromatic carbocycles. The Morgan fingerprint density at radius 1 is 1.28 bits per heavy atom. The van der Waals surface area contributed by atoms with Crippen LogP contribution < -0.4 is 5.73 Å². The van der Waals surface area contributed by atoms with Gasteiger partial charge in [-0.25, -0.2) is 0 Å². The molecule has 2 heterocycles. The molecule has 3 nitrogen and oxygen atoms in total. The molecule has 4 heteroatoms. The highest BCUT2D eigenvalue weighted by molar-refractivity contribution is 7.07. The Labute approximate surface area is 114 Å². The third kappa shape index (κ3) is 2.94. The van der Waals surface area contributed by atoms with Crippen molar-refractivity contribution in [2.75, 3.05) is 39.3 Å². The highest BCUT2D eigenvalue weighted by Gasteiger charge is 2.28. The molecule has 1 aliphatic heterocycles. The molecule has 1 saturated carbocycles. The summed E-state index contributed by atoms with van der Waals surface area (Å²) in [7, 11) is 0. The summed E-state index contributed by atoms with van der Waals surface area (Å²) < 4.78 is 0. The third-order valence-corrected chi connectivity index (χ3v) is 4.91. The van der Waals surface area contributed by atoms with Crippen LogP contribution in [0.1, 0.15) is 24.4 Å². The van der Waals surface area contributed by atoms with E-state index in [9.17, 15) is 0 Å². The van der Waals surface area contributed by atoms with Crippen LogP contribution in [-0.2, 0) is 0 Å². The number of nitrogens with two attached hydrogens (primary N) is 1. The molecule has 2 aliphatic rings. The normalized spacial score (nSPS) is 24.3. The highest BCUT2D eigenvalue weighted by Crippen LogP contribution is 2.30. The quantitative estimate of drug-likeness (QED) is 0.881.